The lowest BCUT2D eigenvalue weighted by molar-refractivity contribution is -0.329. The van der Waals surface area contributed by atoms with Crippen LogP contribution in [0.25, 0.3) is 0 Å². The molecule has 0 N–H and O–H groups in total. The summed E-state index contributed by atoms with van der Waals surface area (Å²) in [5.41, 5.74) is 0.683. The summed E-state index contributed by atoms with van der Waals surface area (Å²) in [7, 11) is -2.51. The van der Waals surface area contributed by atoms with Crippen molar-refractivity contribution >= 4 is 48.8 Å². The first-order valence-corrected chi connectivity index (χ1v) is 26.8. The standard InChI is InChI=1S/C50H67IO13Si/c1-30(2)45(52)63-44-33(5)58-48(43(51)50(44,9)64-65(10,11)49(6,7)8)60-38-28-40(57-32(4)42(38)62-47(54)36-25-19-14-20-26-36)59-37-27-39(55-29-34-21-15-12-16-22-34)56-31(3)41(37)61-46(53)35-23-17-13-18-24-35/h12-26,30-33,37-44,48H,27-29H2,1-11H3/t31-,32-,33+,37-,38-,39-,40+,41-,42-,43+,44+,48+,50+/m1/s1. The second kappa shape index (κ2) is 21.8. The number of carbonyl (C=O) groups is 3. The number of carbonyl (C=O) groups excluding carboxylic acids is 3. The van der Waals surface area contributed by atoms with Crippen LogP contribution in [0.1, 0.15) is 101 Å². The molecule has 0 aliphatic carbocycles. The summed E-state index contributed by atoms with van der Waals surface area (Å²) in [5, 5.41) is -0.172. The van der Waals surface area contributed by atoms with Gasteiger partial charge in [-0.2, -0.15) is 0 Å². The van der Waals surface area contributed by atoms with Crippen molar-refractivity contribution in [3.05, 3.63) is 108 Å². The van der Waals surface area contributed by atoms with Crippen LogP contribution in [0.2, 0.25) is 18.1 Å². The Labute approximate surface area is 399 Å². The minimum absolute atomic E-state index is 0.0981. The summed E-state index contributed by atoms with van der Waals surface area (Å²) in [5.74, 6) is -1.79. The quantitative estimate of drug-likeness (QED) is 0.0469. The third-order valence-corrected chi connectivity index (χ3v) is 19.2. The highest BCUT2D eigenvalue weighted by Gasteiger charge is 2.59. The number of ether oxygens (including phenoxy) is 9. The summed E-state index contributed by atoms with van der Waals surface area (Å²) < 4.78 is 65.0. The molecule has 3 heterocycles. The Balaban J connectivity index is 1.30. The summed E-state index contributed by atoms with van der Waals surface area (Å²) >= 11 is 2.29. The van der Waals surface area contributed by atoms with Gasteiger partial charge < -0.3 is 47.1 Å². The van der Waals surface area contributed by atoms with Crippen LogP contribution in [0, 0.1) is 5.92 Å². The normalized spacial score (nSPS) is 32.1. The fourth-order valence-corrected chi connectivity index (χ4v) is 10.8. The maximum absolute atomic E-state index is 13.7. The zero-order valence-corrected chi connectivity index (χ0v) is 42.6. The van der Waals surface area contributed by atoms with Crippen molar-refractivity contribution < 1.29 is 61.4 Å². The average molecular weight is 1030 g/mol. The van der Waals surface area contributed by atoms with E-state index in [1.165, 1.54) is 0 Å². The first-order valence-electron chi connectivity index (χ1n) is 22.7. The van der Waals surface area contributed by atoms with Gasteiger partial charge in [0, 0.05) is 12.8 Å². The number of esters is 3. The van der Waals surface area contributed by atoms with Gasteiger partial charge in [0.05, 0.1) is 45.9 Å². The minimum atomic E-state index is -2.51. The van der Waals surface area contributed by atoms with Gasteiger partial charge in [-0.25, -0.2) is 9.59 Å². The zero-order chi connectivity index (χ0) is 47.3. The van der Waals surface area contributed by atoms with Crippen molar-refractivity contribution in [2.45, 2.75) is 177 Å². The Morgan fingerprint density at radius 1 is 0.708 bits per heavy atom. The predicted octanol–water partition coefficient (Wildman–Crippen LogP) is 9.59. The summed E-state index contributed by atoms with van der Waals surface area (Å²) in [6.07, 6.45) is -8.29. The molecule has 0 aromatic heterocycles. The van der Waals surface area contributed by atoms with Crippen LogP contribution in [0.15, 0.2) is 91.0 Å². The summed E-state index contributed by atoms with van der Waals surface area (Å²) in [6, 6.07) is 27.3. The Bertz CT molecular complexity index is 2020. The molecule has 0 spiro atoms. The van der Waals surface area contributed by atoms with E-state index in [1.54, 1.807) is 69.3 Å². The van der Waals surface area contributed by atoms with Gasteiger partial charge in [0.1, 0.15) is 17.8 Å². The number of halogens is 1. The fourth-order valence-electron chi connectivity index (χ4n) is 8.10. The van der Waals surface area contributed by atoms with E-state index in [4.69, 9.17) is 47.1 Å². The Hall–Kier alpha value is -3.26. The molecule has 3 fully saturated rings. The SMILES string of the molecule is CC(C)C(=O)O[C@H]1[C@H](C)O[C@@H](O[C@@H]2C[C@H](O[C@@H]3C[C@H](OCc4ccccc4)O[C@H](C)[C@H]3OC(=O)c3ccccc3)O[C@H](C)[C@H]2OC(=O)c2ccccc2)[C@H](I)[C@]1(C)O[Si](C)(C)C(C)(C)C. The van der Waals surface area contributed by atoms with E-state index >= 15 is 0 Å². The van der Waals surface area contributed by atoms with E-state index in [2.05, 4.69) is 56.5 Å². The van der Waals surface area contributed by atoms with Crippen molar-refractivity contribution in [2.24, 2.45) is 5.92 Å². The van der Waals surface area contributed by atoms with Gasteiger partial charge >= 0.3 is 17.9 Å². The molecular weight excluding hydrogens is 964 g/mol. The molecule has 0 amide bonds. The molecule has 356 valence electrons. The first-order chi connectivity index (χ1) is 30.7. The average Bonchev–Trinajstić information content (AvgIpc) is 3.26. The molecule has 3 aromatic rings. The highest BCUT2D eigenvalue weighted by molar-refractivity contribution is 14.1. The van der Waals surface area contributed by atoms with E-state index < -0.39 is 97.5 Å². The first kappa shape index (κ1) is 51.1. The van der Waals surface area contributed by atoms with E-state index in [0.717, 1.165) is 5.56 Å². The molecular formula is C50H67IO13Si. The van der Waals surface area contributed by atoms with Crippen LogP contribution in [0.4, 0.5) is 0 Å². The molecule has 6 rings (SSSR count). The Kier molecular flexibility index (Phi) is 17.1. The van der Waals surface area contributed by atoms with Crippen molar-refractivity contribution in [3.8, 4) is 0 Å². The zero-order valence-electron chi connectivity index (χ0n) is 39.5. The Morgan fingerprint density at radius 3 is 1.69 bits per heavy atom. The second-order valence-corrected chi connectivity index (χ2v) is 25.4. The molecule has 0 bridgehead atoms. The van der Waals surface area contributed by atoms with E-state index in [0.29, 0.717) is 17.7 Å². The van der Waals surface area contributed by atoms with Gasteiger partial charge in [-0.1, -0.05) is 124 Å². The van der Waals surface area contributed by atoms with Crippen LogP contribution in [0.3, 0.4) is 0 Å². The number of hydrogen-bond acceptors (Lipinski definition) is 13. The highest BCUT2D eigenvalue weighted by Crippen LogP contribution is 2.47. The molecule has 0 saturated carbocycles. The molecule has 13 nitrogen and oxygen atoms in total. The van der Waals surface area contributed by atoms with Gasteiger partial charge in [0.15, 0.2) is 45.5 Å². The topological polar surface area (TPSA) is 144 Å². The van der Waals surface area contributed by atoms with E-state index in [9.17, 15) is 14.4 Å². The highest BCUT2D eigenvalue weighted by atomic mass is 127. The van der Waals surface area contributed by atoms with E-state index in [-0.39, 0.29) is 29.8 Å². The largest absolute Gasteiger partial charge is 0.456 e. The number of benzene rings is 3. The molecule has 3 saturated heterocycles. The third-order valence-electron chi connectivity index (χ3n) is 12.8. The van der Waals surface area contributed by atoms with Crippen LogP contribution < -0.4 is 0 Å². The van der Waals surface area contributed by atoms with Crippen LogP contribution in [-0.2, 0) is 58.5 Å². The van der Waals surface area contributed by atoms with Gasteiger partial charge in [0.2, 0.25) is 0 Å². The molecule has 15 heteroatoms. The van der Waals surface area contributed by atoms with E-state index in [1.807, 2.05) is 63.2 Å². The smallest absolute Gasteiger partial charge is 0.338 e. The number of alkyl halides is 1. The maximum atomic E-state index is 13.7. The van der Waals surface area contributed by atoms with Crippen molar-refractivity contribution in [1.82, 2.24) is 0 Å². The fraction of sp³-hybridized carbons (Fsp3) is 0.580. The van der Waals surface area contributed by atoms with Gasteiger partial charge in [-0.15, -0.1) is 0 Å². The lowest BCUT2D eigenvalue weighted by Crippen LogP contribution is -2.69. The summed E-state index contributed by atoms with van der Waals surface area (Å²) in [6.45, 7) is 22.2. The van der Waals surface area contributed by atoms with Gasteiger partial charge in [-0.05, 0) is 75.7 Å². The Morgan fingerprint density at radius 2 is 1.18 bits per heavy atom. The summed E-state index contributed by atoms with van der Waals surface area (Å²) in [4.78, 5) is 40.5. The number of hydrogen-bond donors (Lipinski definition) is 0. The van der Waals surface area contributed by atoms with Crippen LogP contribution in [-0.4, -0.2) is 103 Å². The molecule has 0 unspecified atom stereocenters. The minimum Gasteiger partial charge on any atom is -0.456 e. The predicted molar refractivity (Wildman–Crippen MR) is 254 cm³/mol. The van der Waals surface area contributed by atoms with Crippen molar-refractivity contribution in [3.63, 3.8) is 0 Å². The molecule has 0 radical (unpaired) electrons. The number of rotatable bonds is 15. The van der Waals surface area contributed by atoms with Crippen molar-refractivity contribution in [2.75, 3.05) is 0 Å². The van der Waals surface area contributed by atoms with Crippen LogP contribution >= 0.6 is 22.6 Å². The molecule has 3 aliphatic rings. The second-order valence-electron chi connectivity index (χ2n) is 19.3. The van der Waals surface area contributed by atoms with Crippen LogP contribution in [0.5, 0.6) is 0 Å². The molecule has 3 aromatic carbocycles. The lowest BCUT2D eigenvalue weighted by Gasteiger charge is -2.55. The molecule has 3 aliphatic heterocycles. The van der Waals surface area contributed by atoms with Crippen molar-refractivity contribution in [1.29, 1.82) is 0 Å². The third kappa shape index (κ3) is 12.6. The molecule has 13 atom stereocenters. The lowest BCUT2D eigenvalue weighted by atomic mass is 9.88. The molecule has 65 heavy (non-hydrogen) atoms. The maximum Gasteiger partial charge on any atom is 0.338 e. The monoisotopic (exact) mass is 1030 g/mol. The van der Waals surface area contributed by atoms with Gasteiger partial charge in [0.25, 0.3) is 0 Å². The van der Waals surface area contributed by atoms with Gasteiger partial charge in [-0.3, -0.25) is 4.79 Å².